The lowest BCUT2D eigenvalue weighted by Crippen LogP contribution is -2.43. The van der Waals surface area contributed by atoms with Gasteiger partial charge in [-0.05, 0) is 66.9 Å². The molecule has 0 aliphatic carbocycles. The van der Waals surface area contributed by atoms with Gasteiger partial charge in [0, 0.05) is 30.7 Å². The van der Waals surface area contributed by atoms with E-state index in [9.17, 15) is 9.59 Å². The van der Waals surface area contributed by atoms with E-state index in [0.717, 1.165) is 28.1 Å². The van der Waals surface area contributed by atoms with Crippen molar-refractivity contribution >= 4 is 17.5 Å². The molecular formula is C25H27N3O3. The second kappa shape index (κ2) is 8.68. The Labute approximate surface area is 182 Å². The van der Waals surface area contributed by atoms with E-state index < -0.39 is 0 Å². The van der Waals surface area contributed by atoms with Crippen LogP contribution < -0.4 is 10.1 Å². The van der Waals surface area contributed by atoms with Crippen molar-refractivity contribution in [3.05, 3.63) is 83.2 Å². The molecule has 1 N–H and O–H groups in total. The van der Waals surface area contributed by atoms with Crippen LogP contribution in [0.2, 0.25) is 0 Å². The van der Waals surface area contributed by atoms with Gasteiger partial charge in [0.2, 0.25) is 11.8 Å². The fourth-order valence-corrected chi connectivity index (χ4v) is 4.08. The van der Waals surface area contributed by atoms with Crippen LogP contribution in [0.1, 0.15) is 34.8 Å². The van der Waals surface area contributed by atoms with Crippen molar-refractivity contribution in [1.82, 2.24) is 9.47 Å². The Hall–Kier alpha value is -3.54. The first-order valence-corrected chi connectivity index (χ1v) is 10.4. The Balaban J connectivity index is 1.55. The van der Waals surface area contributed by atoms with Crippen LogP contribution in [0.4, 0.5) is 5.69 Å². The highest BCUT2D eigenvalue weighted by molar-refractivity contribution is 6.03. The van der Waals surface area contributed by atoms with Crippen LogP contribution in [0.5, 0.6) is 5.75 Å². The second-order valence-electron chi connectivity index (χ2n) is 7.92. The van der Waals surface area contributed by atoms with E-state index in [-0.39, 0.29) is 24.3 Å². The number of carbonyl (C=O) groups is 2. The van der Waals surface area contributed by atoms with E-state index in [4.69, 9.17) is 4.74 Å². The van der Waals surface area contributed by atoms with E-state index in [1.807, 2.05) is 74.6 Å². The summed E-state index contributed by atoms with van der Waals surface area (Å²) in [5, 5.41) is 2.86. The highest BCUT2D eigenvalue weighted by Crippen LogP contribution is 2.34. The molecule has 2 aromatic carbocycles. The number of benzene rings is 2. The average Bonchev–Trinajstić information content (AvgIpc) is 3.24. The molecule has 0 unspecified atom stereocenters. The lowest BCUT2D eigenvalue weighted by Gasteiger charge is -2.37. The first kappa shape index (κ1) is 20.7. The van der Waals surface area contributed by atoms with E-state index in [1.165, 1.54) is 0 Å². The molecule has 0 radical (unpaired) electrons. The normalized spacial score (nSPS) is 15.3. The molecule has 1 aliphatic rings. The standard InChI is InChI=1S/C25H27N3O3/c1-17-9-10-20(14-18(17)2)26-23(29)16-24(30)28-13-12-27-11-5-8-22(27)25(28)19-6-4-7-21(15-19)31-3/h4-11,14-15,25H,12-13,16H2,1-3H3,(H,26,29)/t25-/m1/s1. The number of aromatic nitrogens is 1. The van der Waals surface area contributed by atoms with E-state index in [1.54, 1.807) is 12.0 Å². The summed E-state index contributed by atoms with van der Waals surface area (Å²) in [6.07, 6.45) is 1.82. The third-order valence-corrected chi connectivity index (χ3v) is 5.87. The Morgan fingerprint density at radius 3 is 2.65 bits per heavy atom. The van der Waals surface area contributed by atoms with Gasteiger partial charge in [0.1, 0.15) is 12.2 Å². The number of nitrogens with zero attached hydrogens (tertiary/aromatic N) is 2. The minimum Gasteiger partial charge on any atom is -0.497 e. The van der Waals surface area contributed by atoms with Crippen molar-refractivity contribution in [2.24, 2.45) is 0 Å². The number of rotatable bonds is 5. The summed E-state index contributed by atoms with van der Waals surface area (Å²) in [6, 6.07) is 17.2. The van der Waals surface area contributed by atoms with Crippen LogP contribution in [0.15, 0.2) is 60.8 Å². The molecule has 1 aromatic heterocycles. The van der Waals surface area contributed by atoms with Crippen LogP contribution in [-0.2, 0) is 16.1 Å². The van der Waals surface area contributed by atoms with Crippen LogP contribution in [0.3, 0.4) is 0 Å². The maximum absolute atomic E-state index is 13.2. The molecule has 160 valence electrons. The van der Waals surface area contributed by atoms with Gasteiger partial charge in [-0.1, -0.05) is 18.2 Å². The highest BCUT2D eigenvalue weighted by Gasteiger charge is 2.33. The zero-order valence-corrected chi connectivity index (χ0v) is 18.1. The van der Waals surface area contributed by atoms with Crippen molar-refractivity contribution in [2.75, 3.05) is 19.0 Å². The Bertz CT molecular complexity index is 1120. The number of hydrogen-bond donors (Lipinski definition) is 1. The molecule has 0 saturated carbocycles. The maximum Gasteiger partial charge on any atom is 0.233 e. The molecule has 3 aromatic rings. The Morgan fingerprint density at radius 2 is 1.87 bits per heavy atom. The number of ether oxygens (including phenoxy) is 1. The van der Waals surface area contributed by atoms with Gasteiger partial charge in [-0.2, -0.15) is 0 Å². The monoisotopic (exact) mass is 417 g/mol. The summed E-state index contributed by atoms with van der Waals surface area (Å²) in [4.78, 5) is 27.6. The number of aryl methyl sites for hydroxylation is 2. The Kier molecular flexibility index (Phi) is 5.80. The summed E-state index contributed by atoms with van der Waals surface area (Å²) in [6.45, 7) is 5.26. The lowest BCUT2D eigenvalue weighted by atomic mass is 9.99. The number of amides is 2. The molecule has 2 amide bonds. The van der Waals surface area contributed by atoms with Crippen LogP contribution in [0.25, 0.3) is 0 Å². The summed E-state index contributed by atoms with van der Waals surface area (Å²) >= 11 is 0. The molecule has 0 spiro atoms. The number of carbonyl (C=O) groups excluding carboxylic acids is 2. The fourth-order valence-electron chi connectivity index (χ4n) is 4.08. The molecule has 4 rings (SSSR count). The van der Waals surface area contributed by atoms with Gasteiger partial charge in [0.15, 0.2) is 0 Å². The molecular weight excluding hydrogens is 390 g/mol. The van der Waals surface area contributed by atoms with Crippen LogP contribution in [0, 0.1) is 13.8 Å². The fraction of sp³-hybridized carbons (Fsp3) is 0.280. The number of nitrogens with one attached hydrogen (secondary N) is 1. The third kappa shape index (κ3) is 4.33. The largest absolute Gasteiger partial charge is 0.497 e. The third-order valence-electron chi connectivity index (χ3n) is 5.87. The topological polar surface area (TPSA) is 63.6 Å². The smallest absolute Gasteiger partial charge is 0.233 e. The minimum atomic E-state index is -0.307. The van der Waals surface area contributed by atoms with Gasteiger partial charge in [-0.3, -0.25) is 9.59 Å². The predicted molar refractivity (Wildman–Crippen MR) is 120 cm³/mol. The minimum absolute atomic E-state index is 0.193. The summed E-state index contributed by atoms with van der Waals surface area (Å²) in [5.41, 5.74) is 4.95. The molecule has 1 aliphatic heterocycles. The zero-order chi connectivity index (χ0) is 22.0. The first-order valence-electron chi connectivity index (χ1n) is 10.4. The van der Waals surface area contributed by atoms with Gasteiger partial charge in [-0.25, -0.2) is 0 Å². The van der Waals surface area contributed by atoms with Crippen molar-refractivity contribution < 1.29 is 14.3 Å². The zero-order valence-electron chi connectivity index (χ0n) is 18.1. The molecule has 6 heteroatoms. The molecule has 2 heterocycles. The Morgan fingerprint density at radius 1 is 1.03 bits per heavy atom. The number of anilines is 1. The van der Waals surface area contributed by atoms with Crippen molar-refractivity contribution in [1.29, 1.82) is 0 Å². The van der Waals surface area contributed by atoms with Gasteiger partial charge in [0.05, 0.1) is 13.2 Å². The van der Waals surface area contributed by atoms with Crippen molar-refractivity contribution in [3.8, 4) is 5.75 Å². The highest BCUT2D eigenvalue weighted by atomic mass is 16.5. The number of fused-ring (bicyclic) bond motifs is 1. The first-order chi connectivity index (χ1) is 15.0. The maximum atomic E-state index is 13.2. The number of hydrogen-bond acceptors (Lipinski definition) is 3. The summed E-state index contributed by atoms with van der Waals surface area (Å²) in [7, 11) is 1.63. The van der Waals surface area contributed by atoms with E-state index in [2.05, 4.69) is 9.88 Å². The summed E-state index contributed by atoms with van der Waals surface area (Å²) in [5.74, 6) is 0.237. The molecule has 0 fully saturated rings. The SMILES string of the molecule is COc1cccc([C@@H]2c3cccn3CCN2C(=O)CC(=O)Nc2ccc(C)c(C)c2)c1. The van der Waals surface area contributed by atoms with Gasteiger partial charge in [-0.15, -0.1) is 0 Å². The number of methoxy groups -OCH3 is 1. The quantitative estimate of drug-likeness (QED) is 0.637. The molecule has 0 bridgehead atoms. The van der Waals surface area contributed by atoms with E-state index in [0.29, 0.717) is 18.8 Å². The summed E-state index contributed by atoms with van der Waals surface area (Å²) < 4.78 is 7.54. The lowest BCUT2D eigenvalue weighted by molar-refractivity contribution is -0.136. The predicted octanol–water partition coefficient (Wildman–Crippen LogP) is 4.07. The average molecular weight is 418 g/mol. The van der Waals surface area contributed by atoms with Gasteiger partial charge >= 0.3 is 0 Å². The van der Waals surface area contributed by atoms with Gasteiger partial charge < -0.3 is 19.5 Å². The molecule has 6 nitrogen and oxygen atoms in total. The molecule has 31 heavy (non-hydrogen) atoms. The van der Waals surface area contributed by atoms with Crippen LogP contribution in [-0.4, -0.2) is 34.9 Å². The van der Waals surface area contributed by atoms with Crippen LogP contribution >= 0.6 is 0 Å². The second-order valence-corrected chi connectivity index (χ2v) is 7.92. The van der Waals surface area contributed by atoms with Crippen molar-refractivity contribution in [3.63, 3.8) is 0 Å². The molecule has 1 atom stereocenters. The van der Waals surface area contributed by atoms with Crippen molar-refractivity contribution in [2.45, 2.75) is 32.9 Å². The van der Waals surface area contributed by atoms with Gasteiger partial charge in [0.25, 0.3) is 0 Å². The van der Waals surface area contributed by atoms with E-state index >= 15 is 0 Å². The molecule has 0 saturated heterocycles.